The van der Waals surface area contributed by atoms with Crippen molar-refractivity contribution in [3.63, 3.8) is 0 Å². The first-order chi connectivity index (χ1) is 14.6. The third-order valence-corrected chi connectivity index (χ3v) is 6.13. The van der Waals surface area contributed by atoms with Crippen molar-refractivity contribution in [2.24, 2.45) is 7.05 Å². The third-order valence-electron chi connectivity index (χ3n) is 5.64. The zero-order valence-electron chi connectivity index (χ0n) is 17.9. The summed E-state index contributed by atoms with van der Waals surface area (Å²) < 4.78 is 10.0. The summed E-state index contributed by atoms with van der Waals surface area (Å²) in [7, 11) is 5.74. The number of para-hydroxylation sites is 2. The minimum absolute atomic E-state index is 0.621. The number of hydrogen-bond donors (Lipinski definition) is 0. The Morgan fingerprint density at radius 3 is 2.53 bits per heavy atom. The number of nitrogens with zero attached hydrogens (tertiary/aromatic N) is 5. The largest absolute Gasteiger partial charge is 0.496 e. The van der Waals surface area contributed by atoms with Gasteiger partial charge in [0.25, 0.3) is 0 Å². The highest BCUT2D eigenvalue weighted by Crippen LogP contribution is 2.28. The molecule has 30 heavy (non-hydrogen) atoms. The number of hydrogen-bond acceptors (Lipinski definition) is 5. The molecule has 0 saturated carbocycles. The van der Waals surface area contributed by atoms with Gasteiger partial charge in [-0.15, -0.1) is 0 Å². The lowest BCUT2D eigenvalue weighted by Crippen LogP contribution is -2.25. The monoisotopic (exact) mass is 423 g/mol. The van der Waals surface area contributed by atoms with E-state index in [1.165, 1.54) is 24.1 Å². The Morgan fingerprint density at radius 2 is 1.77 bits per heavy atom. The average Bonchev–Trinajstić information content (AvgIpc) is 3.39. The molecule has 0 bridgehead atoms. The second-order valence-corrected chi connectivity index (χ2v) is 8.21. The molecule has 0 unspecified atom stereocenters. The zero-order valence-corrected chi connectivity index (χ0v) is 18.7. The molecule has 1 aliphatic heterocycles. The van der Waals surface area contributed by atoms with Gasteiger partial charge in [-0.3, -0.25) is 4.90 Å². The molecule has 1 aliphatic rings. The van der Waals surface area contributed by atoms with Gasteiger partial charge in [-0.1, -0.05) is 30.3 Å². The molecule has 0 N–H and O–H groups in total. The van der Waals surface area contributed by atoms with Crippen LogP contribution in [0.25, 0.3) is 11.4 Å². The standard InChI is InChI=1S/C23H29N5OS/c1-25(16-18-10-4-6-12-20(18)27-14-8-9-15-27)17-28-23(30)26(2)22(24-28)19-11-5-7-13-21(19)29-3/h4-7,10-13H,8-9,14-17H2,1-3H3. The molecule has 0 amide bonds. The predicted octanol–water partition coefficient (Wildman–Crippen LogP) is 4.32. The van der Waals surface area contributed by atoms with E-state index in [9.17, 15) is 0 Å². The van der Waals surface area contributed by atoms with Gasteiger partial charge in [0.15, 0.2) is 10.6 Å². The van der Waals surface area contributed by atoms with Gasteiger partial charge in [0.2, 0.25) is 0 Å². The van der Waals surface area contributed by atoms with Crippen molar-refractivity contribution in [2.45, 2.75) is 26.1 Å². The molecule has 4 rings (SSSR count). The predicted molar refractivity (Wildman–Crippen MR) is 123 cm³/mol. The van der Waals surface area contributed by atoms with Crippen LogP contribution in [0.15, 0.2) is 48.5 Å². The highest BCUT2D eigenvalue weighted by molar-refractivity contribution is 7.71. The number of aromatic nitrogens is 3. The smallest absolute Gasteiger partial charge is 0.199 e. The fourth-order valence-electron chi connectivity index (χ4n) is 4.12. The lowest BCUT2D eigenvalue weighted by atomic mass is 10.1. The highest BCUT2D eigenvalue weighted by Gasteiger charge is 2.18. The van der Waals surface area contributed by atoms with Crippen LogP contribution >= 0.6 is 12.2 Å². The maximum Gasteiger partial charge on any atom is 0.199 e. The van der Waals surface area contributed by atoms with Gasteiger partial charge in [-0.2, -0.15) is 5.10 Å². The van der Waals surface area contributed by atoms with Crippen LogP contribution in [0.1, 0.15) is 18.4 Å². The topological polar surface area (TPSA) is 38.5 Å². The van der Waals surface area contributed by atoms with Crippen LogP contribution in [0.2, 0.25) is 0 Å². The van der Waals surface area contributed by atoms with Crippen molar-refractivity contribution < 1.29 is 4.74 Å². The minimum atomic E-state index is 0.621. The average molecular weight is 424 g/mol. The second kappa shape index (κ2) is 9.02. The van der Waals surface area contributed by atoms with E-state index in [1.807, 2.05) is 40.6 Å². The number of ether oxygens (including phenoxy) is 1. The molecule has 2 aromatic carbocycles. The summed E-state index contributed by atoms with van der Waals surface area (Å²) in [5, 5.41) is 4.81. The lowest BCUT2D eigenvalue weighted by Gasteiger charge is -2.24. The Kier molecular flexibility index (Phi) is 6.20. The van der Waals surface area contributed by atoms with Gasteiger partial charge >= 0.3 is 0 Å². The van der Waals surface area contributed by atoms with Crippen LogP contribution in [0, 0.1) is 4.77 Å². The number of anilines is 1. The molecule has 158 valence electrons. The van der Waals surface area contributed by atoms with Crippen molar-refractivity contribution >= 4 is 17.9 Å². The van der Waals surface area contributed by atoms with E-state index in [0.29, 0.717) is 11.4 Å². The van der Waals surface area contributed by atoms with Gasteiger partial charge < -0.3 is 14.2 Å². The van der Waals surface area contributed by atoms with E-state index < -0.39 is 0 Å². The van der Waals surface area contributed by atoms with Crippen molar-refractivity contribution in [1.29, 1.82) is 0 Å². The van der Waals surface area contributed by atoms with Crippen LogP contribution in [-0.4, -0.2) is 46.5 Å². The molecule has 0 atom stereocenters. The Bertz CT molecular complexity index is 1070. The molecule has 0 spiro atoms. The summed E-state index contributed by atoms with van der Waals surface area (Å²) in [5.41, 5.74) is 3.63. The molecule has 2 heterocycles. The Balaban J connectivity index is 1.55. The van der Waals surface area contributed by atoms with Gasteiger partial charge in [0.1, 0.15) is 5.75 Å². The Hall–Kier alpha value is -2.64. The van der Waals surface area contributed by atoms with Crippen LogP contribution in [-0.2, 0) is 20.3 Å². The minimum Gasteiger partial charge on any atom is -0.496 e. The summed E-state index contributed by atoms with van der Waals surface area (Å²) in [5.74, 6) is 1.60. The van der Waals surface area contributed by atoms with Crippen LogP contribution in [0.5, 0.6) is 5.75 Å². The molecule has 1 saturated heterocycles. The fourth-order valence-corrected chi connectivity index (χ4v) is 4.31. The van der Waals surface area contributed by atoms with E-state index in [-0.39, 0.29) is 0 Å². The SMILES string of the molecule is COc1ccccc1-c1nn(CN(C)Cc2ccccc2N2CCCC2)c(=S)n1C. The molecule has 0 radical (unpaired) electrons. The first-order valence-electron chi connectivity index (χ1n) is 10.4. The number of rotatable bonds is 7. The maximum atomic E-state index is 5.68. The Morgan fingerprint density at radius 1 is 1.07 bits per heavy atom. The van der Waals surface area contributed by atoms with Gasteiger partial charge in [-0.05, 0) is 55.9 Å². The lowest BCUT2D eigenvalue weighted by molar-refractivity contribution is 0.244. The summed E-state index contributed by atoms with van der Waals surface area (Å²) in [6, 6.07) is 16.6. The molecular formula is C23H29N5OS. The summed E-state index contributed by atoms with van der Waals surface area (Å²) in [6.45, 7) is 3.76. The molecule has 1 aromatic heterocycles. The first kappa shape index (κ1) is 20.6. The Labute approximate surface area is 183 Å². The first-order valence-corrected chi connectivity index (χ1v) is 10.8. The van der Waals surface area contributed by atoms with Crippen molar-refractivity contribution in [3.05, 3.63) is 58.9 Å². The van der Waals surface area contributed by atoms with Gasteiger partial charge in [-0.25, -0.2) is 4.68 Å². The second-order valence-electron chi connectivity index (χ2n) is 7.84. The molecule has 1 fully saturated rings. The molecule has 3 aromatic rings. The maximum absolute atomic E-state index is 5.68. The van der Waals surface area contributed by atoms with Gasteiger partial charge in [0, 0.05) is 32.4 Å². The van der Waals surface area contributed by atoms with Crippen LogP contribution < -0.4 is 9.64 Å². The van der Waals surface area contributed by atoms with E-state index in [1.54, 1.807) is 7.11 Å². The summed E-state index contributed by atoms with van der Waals surface area (Å²) in [4.78, 5) is 4.75. The van der Waals surface area contributed by atoms with Crippen LogP contribution in [0.3, 0.4) is 0 Å². The highest BCUT2D eigenvalue weighted by atomic mass is 32.1. The molecule has 0 aliphatic carbocycles. The van der Waals surface area contributed by atoms with E-state index in [2.05, 4.69) is 41.1 Å². The van der Waals surface area contributed by atoms with Crippen molar-refractivity contribution in [1.82, 2.24) is 19.2 Å². The number of benzene rings is 2. The van der Waals surface area contributed by atoms with Gasteiger partial charge in [0.05, 0.1) is 19.3 Å². The van der Waals surface area contributed by atoms with Crippen molar-refractivity contribution in [2.75, 3.05) is 32.1 Å². The molecule has 6 nitrogen and oxygen atoms in total. The number of methoxy groups -OCH3 is 1. The molecule has 7 heteroatoms. The van der Waals surface area contributed by atoms with E-state index in [0.717, 1.165) is 36.8 Å². The van der Waals surface area contributed by atoms with Crippen molar-refractivity contribution in [3.8, 4) is 17.1 Å². The fraction of sp³-hybridized carbons (Fsp3) is 0.391. The zero-order chi connectivity index (χ0) is 21.1. The third kappa shape index (κ3) is 4.13. The molecular weight excluding hydrogens is 394 g/mol. The van der Waals surface area contributed by atoms with Crippen LogP contribution in [0.4, 0.5) is 5.69 Å². The summed E-state index contributed by atoms with van der Waals surface area (Å²) >= 11 is 5.68. The van der Waals surface area contributed by atoms with E-state index >= 15 is 0 Å². The normalized spacial score (nSPS) is 13.9. The quantitative estimate of drug-likeness (QED) is 0.529. The summed E-state index contributed by atoms with van der Waals surface area (Å²) in [6.07, 6.45) is 2.55. The van der Waals surface area contributed by atoms with E-state index in [4.69, 9.17) is 22.1 Å².